The van der Waals surface area contributed by atoms with Crippen LogP contribution in [-0.2, 0) is 22.7 Å². The molecule has 4 nitrogen and oxygen atoms in total. The highest BCUT2D eigenvalue weighted by atomic mass is 32.1. The summed E-state index contributed by atoms with van der Waals surface area (Å²) in [7, 11) is 0. The maximum atomic E-state index is 13.1. The number of hydrogen-bond acceptors (Lipinski definition) is 3. The number of amides is 2. The van der Waals surface area contributed by atoms with Gasteiger partial charge in [-0.05, 0) is 29.3 Å². The van der Waals surface area contributed by atoms with Crippen LogP contribution in [0.25, 0.3) is 0 Å². The van der Waals surface area contributed by atoms with E-state index < -0.39 is 0 Å². The highest BCUT2D eigenvalue weighted by molar-refractivity contribution is 7.09. The van der Waals surface area contributed by atoms with E-state index in [1.807, 2.05) is 73.5 Å². The van der Waals surface area contributed by atoms with Crippen molar-refractivity contribution >= 4 is 23.2 Å². The van der Waals surface area contributed by atoms with E-state index in [9.17, 15) is 9.59 Å². The first-order valence-corrected chi connectivity index (χ1v) is 10.5. The third-order valence-electron chi connectivity index (χ3n) is 4.25. The second-order valence-corrected chi connectivity index (χ2v) is 8.26. The van der Waals surface area contributed by atoms with Gasteiger partial charge in [0.25, 0.3) is 0 Å². The molecule has 0 saturated carbocycles. The molecule has 0 N–H and O–H groups in total. The molecule has 0 atom stereocenters. The van der Waals surface area contributed by atoms with E-state index in [0.29, 0.717) is 32.0 Å². The summed E-state index contributed by atoms with van der Waals surface area (Å²) in [5, 5.41) is 2.02. The van der Waals surface area contributed by atoms with E-state index in [1.165, 1.54) is 0 Å². The van der Waals surface area contributed by atoms with E-state index in [0.717, 1.165) is 16.9 Å². The summed E-state index contributed by atoms with van der Waals surface area (Å²) in [6.45, 7) is 7.99. The smallest absolute Gasteiger partial charge is 0.242 e. The predicted octanol–water partition coefficient (Wildman–Crippen LogP) is 4.56. The predicted molar refractivity (Wildman–Crippen MR) is 111 cm³/mol. The Labute approximate surface area is 166 Å². The van der Waals surface area contributed by atoms with Gasteiger partial charge in [-0.25, -0.2) is 0 Å². The van der Waals surface area contributed by atoms with Crippen molar-refractivity contribution < 1.29 is 9.59 Å². The standard InChI is InChI=1S/C22H30N2O2S/c1-4-12-23(21(25)14-18(2)3)17-22(26)24(16-20-11-8-13-27-20)15-19-9-6-5-7-10-19/h5-11,13,18H,4,12,14-17H2,1-3H3. The van der Waals surface area contributed by atoms with Crippen LogP contribution in [0.4, 0.5) is 0 Å². The van der Waals surface area contributed by atoms with Crippen LogP contribution in [0.3, 0.4) is 0 Å². The molecule has 0 aliphatic heterocycles. The lowest BCUT2D eigenvalue weighted by atomic mass is 10.1. The number of carbonyl (C=O) groups is 2. The molecule has 0 bridgehead atoms. The first-order valence-electron chi connectivity index (χ1n) is 9.61. The molecule has 1 aromatic heterocycles. The molecule has 2 rings (SSSR count). The lowest BCUT2D eigenvalue weighted by Crippen LogP contribution is -2.43. The molecule has 0 saturated heterocycles. The fourth-order valence-electron chi connectivity index (χ4n) is 2.93. The molecule has 0 spiro atoms. The van der Waals surface area contributed by atoms with Gasteiger partial charge >= 0.3 is 0 Å². The van der Waals surface area contributed by atoms with E-state index >= 15 is 0 Å². The van der Waals surface area contributed by atoms with Crippen LogP contribution >= 0.6 is 11.3 Å². The molecular weight excluding hydrogens is 356 g/mol. The second kappa shape index (κ2) is 10.9. The topological polar surface area (TPSA) is 40.6 Å². The van der Waals surface area contributed by atoms with Crippen LogP contribution in [-0.4, -0.2) is 34.7 Å². The van der Waals surface area contributed by atoms with Crippen LogP contribution in [0.15, 0.2) is 47.8 Å². The van der Waals surface area contributed by atoms with E-state index in [1.54, 1.807) is 16.2 Å². The van der Waals surface area contributed by atoms with Crippen LogP contribution in [0.1, 0.15) is 44.1 Å². The molecule has 0 unspecified atom stereocenters. The third kappa shape index (κ3) is 7.18. The van der Waals surface area contributed by atoms with Gasteiger partial charge in [0.2, 0.25) is 11.8 Å². The van der Waals surface area contributed by atoms with Gasteiger partial charge in [-0.15, -0.1) is 11.3 Å². The lowest BCUT2D eigenvalue weighted by molar-refractivity contribution is -0.141. The summed E-state index contributed by atoms with van der Waals surface area (Å²) >= 11 is 1.65. The number of hydrogen-bond donors (Lipinski definition) is 0. The quantitative estimate of drug-likeness (QED) is 0.600. The summed E-state index contributed by atoms with van der Waals surface area (Å²) < 4.78 is 0. The van der Waals surface area contributed by atoms with Gasteiger partial charge in [-0.3, -0.25) is 9.59 Å². The number of benzene rings is 1. The van der Waals surface area contributed by atoms with Gasteiger partial charge in [0.15, 0.2) is 0 Å². The largest absolute Gasteiger partial charge is 0.333 e. The average molecular weight is 387 g/mol. The van der Waals surface area contributed by atoms with Gasteiger partial charge in [0, 0.05) is 24.4 Å². The number of rotatable bonds is 10. The van der Waals surface area contributed by atoms with Crippen molar-refractivity contribution in [3.05, 3.63) is 58.3 Å². The molecule has 146 valence electrons. The Morgan fingerprint density at radius 3 is 2.30 bits per heavy atom. The SMILES string of the molecule is CCCN(CC(=O)N(Cc1ccccc1)Cc1cccs1)C(=O)CC(C)C. The first-order chi connectivity index (χ1) is 13.0. The van der Waals surface area contributed by atoms with E-state index in [4.69, 9.17) is 0 Å². The number of carbonyl (C=O) groups excluding carboxylic acids is 2. The summed E-state index contributed by atoms with van der Waals surface area (Å²) in [6.07, 6.45) is 1.33. The Morgan fingerprint density at radius 1 is 0.963 bits per heavy atom. The zero-order chi connectivity index (χ0) is 19.6. The summed E-state index contributed by atoms with van der Waals surface area (Å²) in [5.41, 5.74) is 1.10. The van der Waals surface area contributed by atoms with Gasteiger partial charge in [-0.2, -0.15) is 0 Å². The maximum absolute atomic E-state index is 13.1. The Hall–Kier alpha value is -2.14. The zero-order valence-electron chi connectivity index (χ0n) is 16.6. The Bertz CT molecular complexity index is 698. The van der Waals surface area contributed by atoms with Gasteiger partial charge in [0.1, 0.15) is 0 Å². The van der Waals surface area contributed by atoms with Crippen molar-refractivity contribution in [2.75, 3.05) is 13.1 Å². The molecular formula is C22H30N2O2S. The van der Waals surface area contributed by atoms with Gasteiger partial charge in [-0.1, -0.05) is 57.2 Å². The zero-order valence-corrected chi connectivity index (χ0v) is 17.4. The number of nitrogens with zero attached hydrogens (tertiary/aromatic N) is 2. The van der Waals surface area contributed by atoms with Crippen molar-refractivity contribution in [2.24, 2.45) is 5.92 Å². The van der Waals surface area contributed by atoms with Crippen LogP contribution < -0.4 is 0 Å². The summed E-state index contributed by atoms with van der Waals surface area (Å²) in [6, 6.07) is 14.1. The summed E-state index contributed by atoms with van der Waals surface area (Å²) in [4.78, 5) is 30.3. The van der Waals surface area contributed by atoms with Crippen molar-refractivity contribution in [2.45, 2.75) is 46.7 Å². The Morgan fingerprint density at radius 2 is 1.70 bits per heavy atom. The summed E-state index contributed by atoms with van der Waals surface area (Å²) in [5.74, 6) is 0.354. The van der Waals surface area contributed by atoms with Crippen LogP contribution in [0.2, 0.25) is 0 Å². The minimum absolute atomic E-state index is 0.00203. The van der Waals surface area contributed by atoms with E-state index in [-0.39, 0.29) is 18.4 Å². The second-order valence-electron chi connectivity index (χ2n) is 7.23. The van der Waals surface area contributed by atoms with Crippen molar-refractivity contribution in [1.82, 2.24) is 9.80 Å². The molecule has 0 aliphatic carbocycles. The minimum atomic E-state index is -0.00203. The van der Waals surface area contributed by atoms with E-state index in [2.05, 4.69) is 0 Å². The van der Waals surface area contributed by atoms with Crippen molar-refractivity contribution in [3.8, 4) is 0 Å². The highest BCUT2D eigenvalue weighted by Gasteiger charge is 2.22. The van der Waals surface area contributed by atoms with Crippen LogP contribution in [0.5, 0.6) is 0 Å². The molecule has 2 aromatic rings. The van der Waals surface area contributed by atoms with Gasteiger partial charge in [0.05, 0.1) is 13.1 Å². The van der Waals surface area contributed by atoms with Gasteiger partial charge < -0.3 is 9.80 Å². The van der Waals surface area contributed by atoms with Crippen molar-refractivity contribution in [3.63, 3.8) is 0 Å². The molecule has 0 radical (unpaired) electrons. The molecule has 5 heteroatoms. The maximum Gasteiger partial charge on any atom is 0.242 e. The molecule has 27 heavy (non-hydrogen) atoms. The normalized spacial score (nSPS) is 10.8. The molecule has 0 fully saturated rings. The van der Waals surface area contributed by atoms with Crippen molar-refractivity contribution in [1.29, 1.82) is 0 Å². The monoisotopic (exact) mass is 386 g/mol. The first kappa shape index (κ1) is 21.2. The van der Waals surface area contributed by atoms with Crippen LogP contribution in [0, 0.1) is 5.92 Å². The molecule has 1 heterocycles. The average Bonchev–Trinajstić information content (AvgIpc) is 3.14. The molecule has 2 amide bonds. The Kier molecular flexibility index (Phi) is 8.52. The molecule has 0 aliphatic rings. The third-order valence-corrected chi connectivity index (χ3v) is 5.11. The number of thiophene rings is 1. The lowest BCUT2D eigenvalue weighted by Gasteiger charge is -2.28. The molecule has 1 aromatic carbocycles. The fourth-order valence-corrected chi connectivity index (χ4v) is 3.65. The Balaban J connectivity index is 2.11. The fraction of sp³-hybridized carbons (Fsp3) is 0.455. The highest BCUT2D eigenvalue weighted by Crippen LogP contribution is 2.16. The minimum Gasteiger partial charge on any atom is -0.333 e.